The first-order valence-corrected chi connectivity index (χ1v) is 5.03. The Kier molecular flexibility index (Phi) is 2.77. The average Bonchev–Trinajstić information content (AvgIpc) is 2.23. The number of hydrogen-bond acceptors (Lipinski definition) is 1. The van der Waals surface area contributed by atoms with Crippen molar-refractivity contribution in [3.05, 3.63) is 52.8 Å². The number of pyridine rings is 1. The van der Waals surface area contributed by atoms with Gasteiger partial charge in [-0.15, -0.1) is 0 Å². The third kappa shape index (κ3) is 2.21. The second kappa shape index (κ2) is 4.06. The molecule has 0 aliphatic carbocycles. The molecule has 0 aliphatic rings. The van der Waals surface area contributed by atoms with E-state index in [-0.39, 0.29) is 0 Å². The molecule has 0 saturated heterocycles. The summed E-state index contributed by atoms with van der Waals surface area (Å²) in [5.41, 5.74) is 1.35. The van der Waals surface area contributed by atoms with Gasteiger partial charge in [0.2, 0.25) is 0 Å². The molecule has 76 valence electrons. The van der Waals surface area contributed by atoms with Crippen molar-refractivity contribution < 1.29 is 8.78 Å². The van der Waals surface area contributed by atoms with Crippen LogP contribution in [0.25, 0.3) is 11.1 Å². The minimum absolute atomic E-state index is 0.605. The number of hydrogen-bond donors (Lipinski definition) is 0. The zero-order valence-electron chi connectivity index (χ0n) is 7.55. The molecule has 1 nitrogen and oxygen atoms in total. The van der Waals surface area contributed by atoms with Crippen molar-refractivity contribution in [3.8, 4) is 11.1 Å². The molecule has 4 heteroatoms. The molecule has 1 aromatic heterocycles. The zero-order valence-corrected chi connectivity index (χ0v) is 9.13. The highest BCUT2D eigenvalue weighted by Gasteiger charge is 2.04. The molecule has 0 amide bonds. The number of benzene rings is 1. The summed E-state index contributed by atoms with van der Waals surface area (Å²) >= 11 is 3.20. The van der Waals surface area contributed by atoms with E-state index in [1.807, 2.05) is 0 Å². The molecule has 1 heterocycles. The zero-order chi connectivity index (χ0) is 10.8. The highest BCUT2D eigenvalue weighted by Crippen LogP contribution is 2.21. The van der Waals surface area contributed by atoms with Crippen molar-refractivity contribution in [1.82, 2.24) is 4.98 Å². The molecule has 0 radical (unpaired) electrons. The van der Waals surface area contributed by atoms with Crippen molar-refractivity contribution >= 4 is 15.9 Å². The Hall–Kier alpha value is -1.29. The third-order valence-electron chi connectivity index (χ3n) is 1.98. The van der Waals surface area contributed by atoms with Crippen LogP contribution in [0.1, 0.15) is 0 Å². The van der Waals surface area contributed by atoms with Crippen molar-refractivity contribution in [1.29, 1.82) is 0 Å². The van der Waals surface area contributed by atoms with E-state index < -0.39 is 11.6 Å². The summed E-state index contributed by atoms with van der Waals surface area (Å²) in [6.07, 6.45) is 1.59. The standard InChI is InChI=1S/C11H6BrF2N/c12-11-4-2-8(6-15-11)7-1-3-9(13)10(14)5-7/h1-6H. The van der Waals surface area contributed by atoms with Gasteiger partial charge in [-0.3, -0.25) is 0 Å². The van der Waals surface area contributed by atoms with Crippen LogP contribution < -0.4 is 0 Å². The third-order valence-corrected chi connectivity index (χ3v) is 2.45. The maximum atomic E-state index is 12.9. The van der Waals surface area contributed by atoms with E-state index in [1.165, 1.54) is 6.07 Å². The van der Waals surface area contributed by atoms with Crippen LogP contribution in [-0.2, 0) is 0 Å². The van der Waals surface area contributed by atoms with Crippen molar-refractivity contribution in [3.63, 3.8) is 0 Å². The maximum absolute atomic E-state index is 12.9. The smallest absolute Gasteiger partial charge is 0.159 e. The Balaban J connectivity index is 2.45. The predicted molar refractivity (Wildman–Crippen MR) is 57.3 cm³/mol. The van der Waals surface area contributed by atoms with Gasteiger partial charge in [0.25, 0.3) is 0 Å². The predicted octanol–water partition coefficient (Wildman–Crippen LogP) is 3.79. The molecular weight excluding hydrogens is 264 g/mol. The van der Waals surface area contributed by atoms with Crippen LogP contribution in [0.2, 0.25) is 0 Å². The fourth-order valence-electron chi connectivity index (χ4n) is 1.22. The summed E-state index contributed by atoms with van der Waals surface area (Å²) in [7, 11) is 0. The van der Waals surface area contributed by atoms with Gasteiger partial charge < -0.3 is 0 Å². The van der Waals surface area contributed by atoms with E-state index in [2.05, 4.69) is 20.9 Å². The minimum atomic E-state index is -0.851. The normalized spacial score (nSPS) is 10.3. The number of halogens is 3. The number of aromatic nitrogens is 1. The molecule has 0 N–H and O–H groups in total. The van der Waals surface area contributed by atoms with Crippen LogP contribution in [-0.4, -0.2) is 4.98 Å². The first-order valence-electron chi connectivity index (χ1n) is 4.24. The van der Waals surface area contributed by atoms with Gasteiger partial charge in [-0.2, -0.15) is 0 Å². The molecule has 1 aromatic carbocycles. The van der Waals surface area contributed by atoms with Gasteiger partial charge in [-0.1, -0.05) is 12.1 Å². The lowest BCUT2D eigenvalue weighted by atomic mass is 10.1. The second-order valence-electron chi connectivity index (χ2n) is 3.00. The highest BCUT2D eigenvalue weighted by atomic mass is 79.9. The van der Waals surface area contributed by atoms with Crippen LogP contribution in [0.3, 0.4) is 0 Å². The van der Waals surface area contributed by atoms with Gasteiger partial charge in [0.15, 0.2) is 11.6 Å². The molecule has 2 aromatic rings. The van der Waals surface area contributed by atoms with Gasteiger partial charge in [0.1, 0.15) is 4.60 Å². The van der Waals surface area contributed by atoms with Gasteiger partial charge >= 0.3 is 0 Å². The van der Waals surface area contributed by atoms with Gasteiger partial charge in [0, 0.05) is 11.8 Å². The molecule has 15 heavy (non-hydrogen) atoms. The van der Waals surface area contributed by atoms with E-state index in [4.69, 9.17) is 0 Å². The van der Waals surface area contributed by atoms with Gasteiger partial charge in [-0.25, -0.2) is 13.8 Å². The Morgan fingerprint density at radius 3 is 2.27 bits per heavy atom. The van der Waals surface area contributed by atoms with E-state index in [0.29, 0.717) is 10.2 Å². The van der Waals surface area contributed by atoms with Crippen LogP contribution in [0.4, 0.5) is 8.78 Å². The largest absolute Gasteiger partial charge is 0.249 e. The first kappa shape index (κ1) is 10.2. The summed E-state index contributed by atoms with van der Waals surface area (Å²) in [6, 6.07) is 7.30. The molecule has 0 fully saturated rings. The topological polar surface area (TPSA) is 12.9 Å². The fraction of sp³-hybridized carbons (Fsp3) is 0. The summed E-state index contributed by atoms with van der Waals surface area (Å²) in [6.45, 7) is 0. The summed E-state index contributed by atoms with van der Waals surface area (Å²) in [5.74, 6) is -1.70. The molecule has 0 unspecified atom stereocenters. The van der Waals surface area contributed by atoms with E-state index in [9.17, 15) is 8.78 Å². The Labute approximate surface area is 93.9 Å². The molecule has 0 saturated carbocycles. The van der Waals surface area contributed by atoms with E-state index in [0.717, 1.165) is 17.7 Å². The van der Waals surface area contributed by atoms with Crippen LogP contribution in [0.5, 0.6) is 0 Å². The van der Waals surface area contributed by atoms with Gasteiger partial charge in [0.05, 0.1) is 0 Å². The fourth-order valence-corrected chi connectivity index (χ4v) is 1.46. The van der Waals surface area contributed by atoms with Gasteiger partial charge in [-0.05, 0) is 39.7 Å². The monoisotopic (exact) mass is 269 g/mol. The Bertz CT molecular complexity index is 482. The quantitative estimate of drug-likeness (QED) is 0.718. The lowest BCUT2D eigenvalue weighted by Crippen LogP contribution is -1.86. The Morgan fingerprint density at radius 2 is 1.67 bits per heavy atom. The molecule has 0 bridgehead atoms. The lowest BCUT2D eigenvalue weighted by Gasteiger charge is -2.01. The summed E-state index contributed by atoms with van der Waals surface area (Å²) in [4.78, 5) is 4.01. The number of rotatable bonds is 1. The molecular formula is C11H6BrF2N. The Morgan fingerprint density at radius 1 is 0.933 bits per heavy atom. The molecule has 0 atom stereocenters. The van der Waals surface area contributed by atoms with Crippen LogP contribution >= 0.6 is 15.9 Å². The lowest BCUT2D eigenvalue weighted by molar-refractivity contribution is 0.509. The molecule has 0 aliphatic heterocycles. The summed E-state index contributed by atoms with van der Waals surface area (Å²) < 4.78 is 26.3. The van der Waals surface area contributed by atoms with Crippen molar-refractivity contribution in [2.75, 3.05) is 0 Å². The highest BCUT2D eigenvalue weighted by molar-refractivity contribution is 9.10. The SMILES string of the molecule is Fc1ccc(-c2ccc(Br)nc2)cc1F. The van der Waals surface area contributed by atoms with E-state index in [1.54, 1.807) is 18.3 Å². The first-order chi connectivity index (χ1) is 7.16. The minimum Gasteiger partial charge on any atom is -0.249 e. The average molecular weight is 270 g/mol. The molecule has 2 rings (SSSR count). The maximum Gasteiger partial charge on any atom is 0.159 e. The van der Waals surface area contributed by atoms with Crippen molar-refractivity contribution in [2.24, 2.45) is 0 Å². The van der Waals surface area contributed by atoms with E-state index >= 15 is 0 Å². The summed E-state index contributed by atoms with van der Waals surface area (Å²) in [5, 5.41) is 0. The number of nitrogens with zero attached hydrogens (tertiary/aromatic N) is 1. The van der Waals surface area contributed by atoms with Crippen LogP contribution in [0, 0.1) is 11.6 Å². The van der Waals surface area contributed by atoms with Crippen molar-refractivity contribution in [2.45, 2.75) is 0 Å². The van der Waals surface area contributed by atoms with Crippen LogP contribution in [0.15, 0.2) is 41.1 Å². The second-order valence-corrected chi connectivity index (χ2v) is 3.81. The molecule has 0 spiro atoms.